The van der Waals surface area contributed by atoms with Crippen molar-refractivity contribution in [1.82, 2.24) is 4.57 Å². The van der Waals surface area contributed by atoms with Crippen LogP contribution in [0, 0.1) is 0 Å². The SMILES string of the molecule is C=C/C=C\C1=C(C)C(C)(C)c2c1ccc1c3ccccc3n(-c3ccc(-c4cccc5c4oc4ccccc45)cc3)c21. The average Bonchev–Trinajstić information content (AvgIpc) is 3.62. The molecule has 5 aromatic carbocycles. The highest BCUT2D eigenvalue weighted by atomic mass is 16.3. The zero-order chi connectivity index (χ0) is 28.6. The highest BCUT2D eigenvalue weighted by Crippen LogP contribution is 2.51. The summed E-state index contributed by atoms with van der Waals surface area (Å²) in [7, 11) is 0. The number of hydrogen-bond donors (Lipinski definition) is 0. The lowest BCUT2D eigenvalue weighted by Crippen LogP contribution is -2.17. The second kappa shape index (κ2) is 8.96. The number of allylic oxidation sites excluding steroid dienone is 5. The molecule has 0 atom stereocenters. The Balaban J connectivity index is 1.36. The summed E-state index contributed by atoms with van der Waals surface area (Å²) in [5.41, 5.74) is 13.0. The Bertz CT molecular complexity index is 2280. The number of fused-ring (bicyclic) bond motifs is 8. The summed E-state index contributed by atoms with van der Waals surface area (Å²) in [6, 6.07) is 37.0. The molecule has 0 aliphatic heterocycles. The predicted octanol–water partition coefficient (Wildman–Crippen LogP) is 11.2. The molecule has 2 nitrogen and oxygen atoms in total. The molecule has 202 valence electrons. The van der Waals surface area contributed by atoms with Gasteiger partial charge >= 0.3 is 0 Å². The highest BCUT2D eigenvalue weighted by Gasteiger charge is 2.37. The van der Waals surface area contributed by atoms with Crippen LogP contribution in [-0.2, 0) is 5.41 Å². The average molecular weight is 542 g/mol. The minimum Gasteiger partial charge on any atom is -0.455 e. The van der Waals surface area contributed by atoms with Crippen LogP contribution in [0.15, 0.2) is 138 Å². The molecule has 42 heavy (non-hydrogen) atoms. The van der Waals surface area contributed by atoms with Crippen molar-refractivity contribution in [3.05, 3.63) is 145 Å². The van der Waals surface area contributed by atoms with Gasteiger partial charge in [0.05, 0.1) is 11.0 Å². The van der Waals surface area contributed by atoms with Crippen LogP contribution >= 0.6 is 0 Å². The van der Waals surface area contributed by atoms with Gasteiger partial charge in [-0.3, -0.25) is 0 Å². The Hall–Kier alpha value is -5.08. The Morgan fingerprint density at radius 3 is 2.26 bits per heavy atom. The fourth-order valence-corrected chi connectivity index (χ4v) is 7.05. The number of furan rings is 1. The first-order valence-electron chi connectivity index (χ1n) is 14.6. The van der Waals surface area contributed by atoms with E-state index in [1.807, 2.05) is 24.3 Å². The molecule has 8 rings (SSSR count). The zero-order valence-corrected chi connectivity index (χ0v) is 24.1. The number of rotatable bonds is 4. The lowest BCUT2D eigenvalue weighted by Gasteiger charge is -2.24. The van der Waals surface area contributed by atoms with Gasteiger partial charge in [0.2, 0.25) is 0 Å². The van der Waals surface area contributed by atoms with Crippen molar-refractivity contribution in [3.63, 3.8) is 0 Å². The summed E-state index contributed by atoms with van der Waals surface area (Å²) in [5.74, 6) is 0. The van der Waals surface area contributed by atoms with Gasteiger partial charge in [-0.15, -0.1) is 0 Å². The molecule has 2 heteroatoms. The standard InChI is InChI=1S/C40H31NO/c1-5-6-12-28-25(2)40(3,4)37-32(28)23-24-33-30-13-7-9-17-35(30)41(38(33)37)27-21-19-26(20-22-27)29-15-11-16-34-31-14-8-10-18-36(31)42-39(29)34/h5-24H,1H2,2-4H3/b12-6-. The maximum Gasteiger partial charge on any atom is 0.143 e. The third-order valence-electron chi connectivity index (χ3n) is 9.33. The number of hydrogen-bond acceptors (Lipinski definition) is 1. The van der Waals surface area contributed by atoms with Crippen LogP contribution < -0.4 is 0 Å². The molecule has 2 heterocycles. The zero-order valence-electron chi connectivity index (χ0n) is 24.1. The second-order valence-corrected chi connectivity index (χ2v) is 11.8. The van der Waals surface area contributed by atoms with Crippen LogP contribution in [0.3, 0.4) is 0 Å². The molecular weight excluding hydrogens is 510 g/mol. The van der Waals surface area contributed by atoms with Gasteiger partial charge in [-0.05, 0) is 53.5 Å². The van der Waals surface area contributed by atoms with E-state index in [1.54, 1.807) is 0 Å². The smallest absolute Gasteiger partial charge is 0.143 e. The molecule has 0 spiro atoms. The summed E-state index contributed by atoms with van der Waals surface area (Å²) in [4.78, 5) is 0. The molecule has 0 radical (unpaired) electrons. The molecule has 2 aromatic heterocycles. The van der Waals surface area contributed by atoms with Gasteiger partial charge < -0.3 is 8.98 Å². The van der Waals surface area contributed by atoms with Gasteiger partial charge in [0.1, 0.15) is 11.2 Å². The first-order valence-corrected chi connectivity index (χ1v) is 14.6. The summed E-state index contributed by atoms with van der Waals surface area (Å²) in [6.07, 6.45) is 6.11. The van der Waals surface area contributed by atoms with Crippen molar-refractivity contribution < 1.29 is 4.42 Å². The normalized spacial score (nSPS) is 14.6. The van der Waals surface area contributed by atoms with Gasteiger partial charge in [-0.1, -0.05) is 123 Å². The van der Waals surface area contributed by atoms with E-state index in [-0.39, 0.29) is 5.41 Å². The third kappa shape index (κ3) is 3.33. The van der Waals surface area contributed by atoms with Crippen LogP contribution in [0.1, 0.15) is 31.9 Å². The Morgan fingerprint density at radius 1 is 0.714 bits per heavy atom. The van der Waals surface area contributed by atoms with Gasteiger partial charge in [0.15, 0.2) is 0 Å². The first-order chi connectivity index (χ1) is 20.5. The minimum atomic E-state index is -0.112. The van der Waals surface area contributed by atoms with E-state index in [0.29, 0.717) is 0 Å². The van der Waals surface area contributed by atoms with Crippen molar-refractivity contribution in [1.29, 1.82) is 0 Å². The third-order valence-corrected chi connectivity index (χ3v) is 9.33. The molecule has 0 saturated carbocycles. The Labute approximate surface area is 245 Å². The first kappa shape index (κ1) is 24.7. The summed E-state index contributed by atoms with van der Waals surface area (Å²) < 4.78 is 8.82. The van der Waals surface area contributed by atoms with E-state index >= 15 is 0 Å². The van der Waals surface area contributed by atoms with Crippen LogP contribution in [0.4, 0.5) is 0 Å². The van der Waals surface area contributed by atoms with Crippen LogP contribution in [0.25, 0.3) is 66.1 Å². The lowest BCUT2D eigenvalue weighted by atomic mass is 9.81. The topological polar surface area (TPSA) is 18.1 Å². The Kier molecular flexibility index (Phi) is 5.27. The van der Waals surface area contributed by atoms with Gasteiger partial charge in [-0.25, -0.2) is 0 Å². The largest absolute Gasteiger partial charge is 0.455 e. The molecule has 7 aromatic rings. The summed E-state index contributed by atoms with van der Waals surface area (Å²) in [6.45, 7) is 10.9. The summed E-state index contributed by atoms with van der Waals surface area (Å²) in [5, 5.41) is 4.86. The minimum absolute atomic E-state index is 0.112. The fraction of sp³-hybridized carbons (Fsp3) is 0.100. The molecular formula is C40H31NO. The van der Waals surface area contributed by atoms with Crippen LogP contribution in [0.2, 0.25) is 0 Å². The van der Waals surface area contributed by atoms with Gasteiger partial charge in [0.25, 0.3) is 0 Å². The predicted molar refractivity (Wildman–Crippen MR) is 178 cm³/mol. The quantitative estimate of drug-likeness (QED) is 0.203. The number of benzene rings is 5. The molecule has 0 saturated heterocycles. The molecule has 0 N–H and O–H groups in total. The molecule has 1 aliphatic rings. The lowest BCUT2D eigenvalue weighted by molar-refractivity contribution is 0.642. The van der Waals surface area contributed by atoms with E-state index in [4.69, 9.17) is 4.42 Å². The number of nitrogens with zero attached hydrogens (tertiary/aromatic N) is 1. The molecule has 0 unspecified atom stereocenters. The van der Waals surface area contributed by atoms with Crippen molar-refractivity contribution in [3.8, 4) is 16.8 Å². The van der Waals surface area contributed by atoms with Crippen molar-refractivity contribution >= 4 is 49.3 Å². The van der Waals surface area contributed by atoms with E-state index in [1.165, 1.54) is 44.1 Å². The second-order valence-electron chi connectivity index (χ2n) is 11.8. The number of aromatic nitrogens is 1. The van der Waals surface area contributed by atoms with E-state index in [9.17, 15) is 0 Å². The monoisotopic (exact) mass is 541 g/mol. The van der Waals surface area contributed by atoms with Crippen LogP contribution in [0.5, 0.6) is 0 Å². The summed E-state index contributed by atoms with van der Waals surface area (Å²) >= 11 is 0. The van der Waals surface area contributed by atoms with E-state index in [0.717, 1.165) is 38.8 Å². The van der Waals surface area contributed by atoms with Gasteiger partial charge in [-0.2, -0.15) is 0 Å². The fourth-order valence-electron chi connectivity index (χ4n) is 7.05. The Morgan fingerprint density at radius 2 is 1.45 bits per heavy atom. The molecule has 1 aliphatic carbocycles. The van der Waals surface area contributed by atoms with Crippen LogP contribution in [-0.4, -0.2) is 4.57 Å². The maximum atomic E-state index is 6.36. The molecule has 0 amide bonds. The highest BCUT2D eigenvalue weighted by molar-refractivity contribution is 6.13. The maximum absolute atomic E-state index is 6.36. The molecule has 0 bridgehead atoms. The number of para-hydroxylation sites is 3. The van der Waals surface area contributed by atoms with Gasteiger partial charge in [0, 0.05) is 38.2 Å². The van der Waals surface area contributed by atoms with Crippen molar-refractivity contribution in [2.24, 2.45) is 0 Å². The van der Waals surface area contributed by atoms with Crippen molar-refractivity contribution in [2.45, 2.75) is 26.2 Å². The van der Waals surface area contributed by atoms with E-state index < -0.39 is 0 Å². The van der Waals surface area contributed by atoms with Crippen molar-refractivity contribution in [2.75, 3.05) is 0 Å². The molecule has 0 fully saturated rings. The van der Waals surface area contributed by atoms with E-state index in [2.05, 4.69) is 129 Å².